The zero-order chi connectivity index (χ0) is 18.9. The van der Waals surface area contributed by atoms with Gasteiger partial charge in [-0.1, -0.05) is 36.4 Å². The van der Waals surface area contributed by atoms with Crippen LogP contribution < -0.4 is 5.32 Å². The van der Waals surface area contributed by atoms with Crippen LogP contribution in [0.5, 0.6) is 0 Å². The third kappa shape index (κ3) is 3.57. The van der Waals surface area contributed by atoms with Gasteiger partial charge in [-0.15, -0.1) is 0 Å². The van der Waals surface area contributed by atoms with Crippen LogP contribution in [0.2, 0.25) is 0 Å². The number of benzene rings is 3. The van der Waals surface area contributed by atoms with Gasteiger partial charge in [-0.25, -0.2) is 8.42 Å². The van der Waals surface area contributed by atoms with Crippen LogP contribution in [-0.4, -0.2) is 20.1 Å². The molecular weight excluding hydrogens is 362 g/mol. The molecule has 6 heteroatoms. The number of amides is 1. The molecule has 0 atom stereocenters. The summed E-state index contributed by atoms with van der Waals surface area (Å²) >= 11 is 0. The second-order valence-electron chi connectivity index (χ2n) is 6.24. The number of carbonyl (C=O) groups excluding carboxylic acids is 1. The summed E-state index contributed by atoms with van der Waals surface area (Å²) in [4.78, 5) is 12.5. The summed E-state index contributed by atoms with van der Waals surface area (Å²) in [6.45, 7) is 0. The van der Waals surface area contributed by atoms with Gasteiger partial charge in [-0.2, -0.15) is 0 Å². The van der Waals surface area contributed by atoms with Gasteiger partial charge < -0.3 is 9.73 Å². The lowest BCUT2D eigenvalue weighted by Crippen LogP contribution is -2.17. The van der Waals surface area contributed by atoms with Crippen LogP contribution >= 0.6 is 0 Å². The number of carbonyl (C=O) groups is 1. The first-order valence-electron chi connectivity index (χ1n) is 8.52. The molecule has 1 heterocycles. The summed E-state index contributed by atoms with van der Waals surface area (Å²) < 4.78 is 30.3. The molecule has 4 aromatic rings. The molecule has 136 valence electrons. The zero-order valence-corrected chi connectivity index (χ0v) is 15.2. The van der Waals surface area contributed by atoms with E-state index in [-0.39, 0.29) is 23.0 Å². The van der Waals surface area contributed by atoms with Crippen LogP contribution in [-0.2, 0) is 14.6 Å². The normalized spacial score (nSPS) is 11.7. The van der Waals surface area contributed by atoms with E-state index in [1.54, 1.807) is 30.3 Å². The van der Waals surface area contributed by atoms with Gasteiger partial charge in [0.05, 0.1) is 10.6 Å². The van der Waals surface area contributed by atoms with Crippen molar-refractivity contribution in [2.75, 3.05) is 11.1 Å². The monoisotopic (exact) mass is 379 g/mol. The highest BCUT2D eigenvalue weighted by molar-refractivity contribution is 7.91. The Morgan fingerprint density at radius 1 is 0.852 bits per heavy atom. The summed E-state index contributed by atoms with van der Waals surface area (Å²) in [5, 5.41) is 4.64. The van der Waals surface area contributed by atoms with Crippen LogP contribution in [0.1, 0.15) is 6.42 Å². The summed E-state index contributed by atoms with van der Waals surface area (Å²) in [6.07, 6.45) is -0.110. The van der Waals surface area contributed by atoms with Crippen LogP contribution in [0.25, 0.3) is 21.9 Å². The summed E-state index contributed by atoms with van der Waals surface area (Å²) in [5.74, 6) is -0.582. The Labute approximate surface area is 156 Å². The molecule has 0 unspecified atom stereocenters. The van der Waals surface area contributed by atoms with E-state index in [9.17, 15) is 13.2 Å². The summed E-state index contributed by atoms with van der Waals surface area (Å²) in [7, 11) is -3.48. The molecule has 1 N–H and O–H groups in total. The second kappa shape index (κ2) is 6.89. The fourth-order valence-corrected chi connectivity index (χ4v) is 4.26. The molecule has 5 nitrogen and oxygen atoms in total. The van der Waals surface area contributed by atoms with Crippen molar-refractivity contribution in [1.82, 2.24) is 0 Å². The first-order chi connectivity index (χ1) is 13.0. The largest absolute Gasteiger partial charge is 0.456 e. The lowest BCUT2D eigenvalue weighted by Gasteiger charge is -2.06. The zero-order valence-electron chi connectivity index (χ0n) is 14.4. The van der Waals surface area contributed by atoms with E-state index in [1.807, 2.05) is 30.3 Å². The SMILES string of the molecule is O=C(CCS(=O)(=O)c1ccccc1)Nc1ccc2oc3ccccc3c2c1. The van der Waals surface area contributed by atoms with Crippen molar-refractivity contribution in [2.45, 2.75) is 11.3 Å². The minimum atomic E-state index is -3.48. The molecular formula is C21H17NO4S. The van der Waals surface area contributed by atoms with Gasteiger partial charge in [-0.3, -0.25) is 4.79 Å². The number of rotatable bonds is 5. The fourth-order valence-electron chi connectivity index (χ4n) is 3.00. The van der Waals surface area contributed by atoms with Crippen LogP contribution in [0.15, 0.2) is 82.1 Å². The molecule has 0 aliphatic carbocycles. The van der Waals surface area contributed by atoms with Crippen molar-refractivity contribution in [3.05, 3.63) is 72.8 Å². The van der Waals surface area contributed by atoms with Crippen molar-refractivity contribution < 1.29 is 17.6 Å². The lowest BCUT2D eigenvalue weighted by atomic mass is 10.1. The van der Waals surface area contributed by atoms with Gasteiger partial charge >= 0.3 is 0 Å². The van der Waals surface area contributed by atoms with Crippen LogP contribution in [0, 0.1) is 0 Å². The summed E-state index contributed by atoms with van der Waals surface area (Å²) in [5.41, 5.74) is 2.13. The van der Waals surface area contributed by atoms with Gasteiger partial charge in [0.15, 0.2) is 9.84 Å². The molecule has 0 saturated carbocycles. The average molecular weight is 379 g/mol. The average Bonchev–Trinajstić information content (AvgIpc) is 3.05. The highest BCUT2D eigenvalue weighted by Crippen LogP contribution is 2.30. The molecule has 3 aromatic carbocycles. The molecule has 0 aliphatic rings. The molecule has 0 spiro atoms. The fraction of sp³-hybridized carbons (Fsp3) is 0.0952. The minimum absolute atomic E-state index is 0.110. The highest BCUT2D eigenvalue weighted by Gasteiger charge is 2.16. The maximum absolute atomic E-state index is 12.3. The molecule has 1 amide bonds. The number of sulfone groups is 1. The van der Waals surface area contributed by atoms with Gasteiger partial charge in [0.1, 0.15) is 11.2 Å². The molecule has 0 aliphatic heterocycles. The molecule has 0 saturated heterocycles. The Kier molecular flexibility index (Phi) is 4.41. The molecule has 27 heavy (non-hydrogen) atoms. The predicted molar refractivity (Wildman–Crippen MR) is 105 cm³/mol. The highest BCUT2D eigenvalue weighted by atomic mass is 32.2. The third-order valence-corrected chi connectivity index (χ3v) is 6.09. The van der Waals surface area contributed by atoms with E-state index < -0.39 is 9.84 Å². The Bertz CT molecular complexity index is 1230. The number of nitrogens with one attached hydrogen (secondary N) is 1. The topological polar surface area (TPSA) is 76.4 Å². The Balaban J connectivity index is 1.49. The quantitative estimate of drug-likeness (QED) is 0.558. The molecule has 0 fully saturated rings. The van der Waals surface area contributed by atoms with E-state index in [0.717, 1.165) is 21.9 Å². The van der Waals surface area contributed by atoms with Crippen LogP contribution in [0.4, 0.5) is 5.69 Å². The van der Waals surface area contributed by atoms with Gasteiger partial charge in [0.25, 0.3) is 0 Å². The van der Waals surface area contributed by atoms with Gasteiger partial charge in [0, 0.05) is 22.9 Å². The number of fused-ring (bicyclic) bond motifs is 3. The number of hydrogen-bond acceptors (Lipinski definition) is 4. The van der Waals surface area contributed by atoms with Crippen molar-refractivity contribution in [1.29, 1.82) is 0 Å². The maximum atomic E-state index is 12.3. The lowest BCUT2D eigenvalue weighted by molar-refractivity contribution is -0.115. The standard InChI is InChI=1S/C21H17NO4S/c23-21(12-13-27(24,25)16-6-2-1-3-7-16)22-15-10-11-20-18(14-15)17-8-4-5-9-19(17)26-20/h1-11,14H,12-13H2,(H,22,23). The third-order valence-electron chi connectivity index (χ3n) is 4.36. The molecule has 1 aromatic heterocycles. The number of furan rings is 1. The van der Waals surface area contributed by atoms with E-state index in [2.05, 4.69) is 5.32 Å². The van der Waals surface area contributed by atoms with Crippen molar-refractivity contribution in [3.63, 3.8) is 0 Å². The van der Waals surface area contributed by atoms with E-state index >= 15 is 0 Å². The van der Waals surface area contributed by atoms with E-state index in [1.165, 1.54) is 12.1 Å². The van der Waals surface area contributed by atoms with Crippen molar-refractivity contribution >= 4 is 43.4 Å². The van der Waals surface area contributed by atoms with Crippen molar-refractivity contribution in [2.24, 2.45) is 0 Å². The van der Waals surface area contributed by atoms with E-state index in [4.69, 9.17) is 4.42 Å². The Hall–Kier alpha value is -3.12. The molecule has 0 bridgehead atoms. The smallest absolute Gasteiger partial charge is 0.225 e. The molecule has 0 radical (unpaired) electrons. The first kappa shape index (κ1) is 17.3. The first-order valence-corrected chi connectivity index (χ1v) is 10.2. The van der Waals surface area contributed by atoms with E-state index in [0.29, 0.717) is 5.69 Å². The Morgan fingerprint density at radius 2 is 1.56 bits per heavy atom. The summed E-state index contributed by atoms with van der Waals surface area (Å²) in [6, 6.07) is 21.2. The maximum Gasteiger partial charge on any atom is 0.225 e. The number of anilines is 1. The number of hydrogen-bond donors (Lipinski definition) is 1. The van der Waals surface area contributed by atoms with Gasteiger partial charge in [-0.05, 0) is 36.4 Å². The molecule has 4 rings (SSSR count). The predicted octanol–water partition coefficient (Wildman–Crippen LogP) is 4.39. The minimum Gasteiger partial charge on any atom is -0.456 e. The van der Waals surface area contributed by atoms with Gasteiger partial charge in [0.2, 0.25) is 5.91 Å². The van der Waals surface area contributed by atoms with Crippen LogP contribution in [0.3, 0.4) is 0 Å². The van der Waals surface area contributed by atoms with Crippen molar-refractivity contribution in [3.8, 4) is 0 Å². The Morgan fingerprint density at radius 3 is 2.37 bits per heavy atom. The number of para-hydroxylation sites is 1. The second-order valence-corrected chi connectivity index (χ2v) is 8.35.